The summed E-state index contributed by atoms with van der Waals surface area (Å²) in [5, 5.41) is 0. The van der Waals surface area contributed by atoms with E-state index in [0.717, 1.165) is 30.7 Å². The summed E-state index contributed by atoms with van der Waals surface area (Å²) in [6.07, 6.45) is 12.9. The van der Waals surface area contributed by atoms with Crippen LogP contribution in [0.1, 0.15) is 81.3 Å². The minimum Gasteiger partial charge on any atom is -0.376 e. The molecule has 0 aromatic carbocycles. The second kappa shape index (κ2) is 8.35. The zero-order valence-electron chi connectivity index (χ0n) is 18.3. The molecule has 5 heterocycles. The van der Waals surface area contributed by atoms with Crippen LogP contribution < -0.4 is 0 Å². The Morgan fingerprint density at radius 3 is 2.83 bits per heavy atom. The number of H-pyrrole nitrogens is 2. The van der Waals surface area contributed by atoms with Crippen molar-refractivity contribution in [2.24, 2.45) is 10.9 Å². The van der Waals surface area contributed by atoms with Gasteiger partial charge in [0, 0.05) is 31.1 Å². The van der Waals surface area contributed by atoms with Gasteiger partial charge in [-0.15, -0.1) is 0 Å². The first-order valence-electron chi connectivity index (χ1n) is 11.8. The molecule has 0 aliphatic carbocycles. The molecular weight excluding hydrogens is 374 g/mol. The van der Waals surface area contributed by atoms with Crippen molar-refractivity contribution in [3.8, 4) is 0 Å². The highest BCUT2D eigenvalue weighted by Gasteiger charge is 2.58. The van der Waals surface area contributed by atoms with E-state index in [1.54, 1.807) is 0 Å². The van der Waals surface area contributed by atoms with Crippen LogP contribution in [0.2, 0.25) is 0 Å². The van der Waals surface area contributed by atoms with E-state index in [9.17, 15) is 0 Å². The third kappa shape index (κ3) is 3.56. The number of rotatable bonds is 2. The van der Waals surface area contributed by atoms with Gasteiger partial charge in [-0.05, 0) is 62.8 Å². The lowest BCUT2D eigenvalue weighted by molar-refractivity contribution is -0.200. The summed E-state index contributed by atoms with van der Waals surface area (Å²) >= 11 is 0. The molecule has 0 radical (unpaired) electrons. The molecule has 5 heteroatoms. The average molecular weight is 410 g/mol. The maximum Gasteiger partial charge on any atom is 0.194 e. The molecule has 3 aliphatic heterocycles. The van der Waals surface area contributed by atoms with Gasteiger partial charge in [-0.1, -0.05) is 25.7 Å². The van der Waals surface area contributed by atoms with Crippen LogP contribution in [0.3, 0.4) is 0 Å². The molecule has 0 saturated carbocycles. The first-order valence-corrected chi connectivity index (χ1v) is 11.8. The van der Waals surface area contributed by atoms with Crippen LogP contribution in [0.4, 0.5) is 0 Å². The van der Waals surface area contributed by atoms with Gasteiger partial charge in [-0.2, -0.15) is 0 Å². The highest BCUT2D eigenvalue weighted by atomic mass is 16.6. The Morgan fingerprint density at radius 2 is 2.00 bits per heavy atom. The SMILES string of the molecule is CO[C@@H]1CC(c2ccc[nH]2)=N[C@@]12O[C@H](C)C[C@H]1CCCCCCCc3ccc([nH]3)[C@@H]12. The van der Waals surface area contributed by atoms with E-state index in [4.69, 9.17) is 14.5 Å². The number of nitrogens with zero attached hydrogens (tertiary/aromatic N) is 1. The Kier molecular flexibility index (Phi) is 5.59. The summed E-state index contributed by atoms with van der Waals surface area (Å²) in [5.74, 6) is 0.739. The van der Waals surface area contributed by atoms with Gasteiger partial charge in [0.05, 0.1) is 23.4 Å². The van der Waals surface area contributed by atoms with Crippen molar-refractivity contribution in [3.63, 3.8) is 0 Å². The second-order valence-corrected chi connectivity index (χ2v) is 9.47. The van der Waals surface area contributed by atoms with E-state index in [-0.39, 0.29) is 18.1 Å². The van der Waals surface area contributed by atoms with Crippen molar-refractivity contribution < 1.29 is 9.47 Å². The number of hydrogen-bond acceptors (Lipinski definition) is 3. The molecule has 5 nitrogen and oxygen atoms in total. The van der Waals surface area contributed by atoms with Crippen LogP contribution in [-0.4, -0.2) is 40.7 Å². The van der Waals surface area contributed by atoms with E-state index >= 15 is 0 Å². The lowest BCUT2D eigenvalue weighted by Crippen LogP contribution is -2.54. The fraction of sp³-hybridized carbons (Fsp3) is 0.640. The molecule has 0 unspecified atom stereocenters. The maximum absolute atomic E-state index is 6.78. The van der Waals surface area contributed by atoms with Crippen LogP contribution in [0.15, 0.2) is 35.5 Å². The molecule has 30 heavy (non-hydrogen) atoms. The lowest BCUT2D eigenvalue weighted by Gasteiger charge is -2.48. The minimum absolute atomic E-state index is 0.0781. The Morgan fingerprint density at radius 1 is 1.13 bits per heavy atom. The standard InChI is InChI=1S/C25H35N3O2/c1-17-15-18-9-6-4-3-5-7-10-19-12-13-21(27-19)24(18)25(30-17)23(29-2)16-22(28-25)20-11-8-14-26-20/h8,11-14,17-18,23-24,26-27H,3-7,9-10,15-16H2,1-2H3/t17-,18-,23-,24-,25-/m1/s1. The van der Waals surface area contributed by atoms with E-state index < -0.39 is 5.72 Å². The van der Waals surface area contributed by atoms with Crippen LogP contribution in [0, 0.1) is 5.92 Å². The molecule has 0 amide bonds. The Balaban J connectivity index is 1.60. The van der Waals surface area contributed by atoms with E-state index in [1.165, 1.54) is 49.9 Å². The summed E-state index contributed by atoms with van der Waals surface area (Å²) in [6, 6.07) is 8.70. The smallest absolute Gasteiger partial charge is 0.194 e. The summed E-state index contributed by atoms with van der Waals surface area (Å²) in [7, 11) is 1.81. The monoisotopic (exact) mass is 409 g/mol. The van der Waals surface area contributed by atoms with Crippen LogP contribution in [-0.2, 0) is 15.9 Å². The molecular formula is C25H35N3O2. The predicted molar refractivity (Wildman–Crippen MR) is 119 cm³/mol. The quantitative estimate of drug-likeness (QED) is 0.702. The van der Waals surface area contributed by atoms with Gasteiger partial charge >= 0.3 is 0 Å². The topological polar surface area (TPSA) is 62.4 Å². The van der Waals surface area contributed by atoms with Gasteiger partial charge in [0.1, 0.15) is 6.10 Å². The molecule has 5 atom stereocenters. The lowest BCUT2D eigenvalue weighted by atomic mass is 9.72. The molecule has 5 rings (SSSR count). The number of methoxy groups -OCH3 is 1. The number of aliphatic imine (C=N–C) groups is 1. The maximum atomic E-state index is 6.78. The normalized spacial score (nSPS) is 34.8. The number of nitrogens with one attached hydrogen (secondary N) is 2. The van der Waals surface area contributed by atoms with E-state index in [2.05, 4.69) is 35.1 Å². The van der Waals surface area contributed by atoms with Gasteiger partial charge in [0.15, 0.2) is 5.72 Å². The summed E-state index contributed by atoms with van der Waals surface area (Å²) in [5.41, 5.74) is 4.11. The van der Waals surface area contributed by atoms with Crippen LogP contribution >= 0.6 is 0 Å². The Bertz CT molecular complexity index is 871. The number of fused-ring (bicyclic) bond motifs is 5. The summed E-state index contributed by atoms with van der Waals surface area (Å²) in [6.45, 7) is 2.21. The number of aromatic amines is 2. The van der Waals surface area contributed by atoms with Gasteiger partial charge in [0.25, 0.3) is 0 Å². The van der Waals surface area contributed by atoms with Crippen molar-refractivity contribution in [2.45, 2.75) is 88.6 Å². The van der Waals surface area contributed by atoms with Gasteiger partial charge in [-0.25, -0.2) is 4.99 Å². The van der Waals surface area contributed by atoms with Crippen molar-refractivity contribution >= 4 is 5.71 Å². The molecule has 3 aliphatic rings. The largest absolute Gasteiger partial charge is 0.376 e. The fourth-order valence-corrected chi connectivity index (χ4v) is 6.10. The molecule has 2 aromatic rings. The highest BCUT2D eigenvalue weighted by molar-refractivity contribution is 6.01. The summed E-state index contributed by atoms with van der Waals surface area (Å²) in [4.78, 5) is 12.4. The zero-order valence-corrected chi connectivity index (χ0v) is 18.3. The zero-order chi connectivity index (χ0) is 20.6. The molecule has 2 aromatic heterocycles. The molecule has 162 valence electrons. The van der Waals surface area contributed by atoms with Crippen molar-refractivity contribution in [1.29, 1.82) is 0 Å². The Hall–Kier alpha value is -1.85. The molecule has 1 fully saturated rings. The number of aryl methyl sites for hydroxylation is 1. The van der Waals surface area contributed by atoms with E-state index in [0.29, 0.717) is 5.92 Å². The third-order valence-electron chi connectivity index (χ3n) is 7.41. The number of hydrogen-bond donors (Lipinski definition) is 2. The first-order chi connectivity index (χ1) is 14.7. The Labute approximate surface area is 179 Å². The van der Waals surface area contributed by atoms with Crippen molar-refractivity contribution in [1.82, 2.24) is 9.97 Å². The van der Waals surface area contributed by atoms with Gasteiger partial charge in [-0.3, -0.25) is 0 Å². The second-order valence-electron chi connectivity index (χ2n) is 9.47. The molecule has 2 bridgehead atoms. The molecule has 1 spiro atoms. The number of aromatic nitrogens is 2. The van der Waals surface area contributed by atoms with E-state index in [1.807, 2.05) is 19.4 Å². The minimum atomic E-state index is -0.663. The van der Waals surface area contributed by atoms with Crippen LogP contribution in [0.25, 0.3) is 0 Å². The number of ether oxygens (including phenoxy) is 2. The third-order valence-corrected chi connectivity index (χ3v) is 7.41. The first kappa shape index (κ1) is 20.1. The molecule has 2 N–H and O–H groups in total. The average Bonchev–Trinajstić information content (AvgIpc) is 3.46. The predicted octanol–water partition coefficient (Wildman–Crippen LogP) is 5.35. The fourth-order valence-electron chi connectivity index (χ4n) is 6.10. The van der Waals surface area contributed by atoms with Gasteiger partial charge < -0.3 is 19.4 Å². The van der Waals surface area contributed by atoms with Gasteiger partial charge in [0.2, 0.25) is 0 Å². The molecule has 1 saturated heterocycles. The summed E-state index contributed by atoms with van der Waals surface area (Å²) < 4.78 is 12.9. The van der Waals surface area contributed by atoms with Crippen molar-refractivity contribution in [3.05, 3.63) is 47.5 Å². The highest BCUT2D eigenvalue weighted by Crippen LogP contribution is 2.53. The van der Waals surface area contributed by atoms with Crippen LogP contribution in [0.5, 0.6) is 0 Å². The van der Waals surface area contributed by atoms with Crippen molar-refractivity contribution in [2.75, 3.05) is 7.11 Å².